The maximum atomic E-state index is 12.1. The molecule has 1 heterocycles. The van der Waals surface area contributed by atoms with Crippen LogP contribution in [-0.4, -0.2) is 22.2 Å². The standard InChI is InChI=1S/C10H14F3N3O/c1-6(2)14-5-7-3-9(17)16-8(15-7)4-10(11,12)13/h3,6,14H,4-5H2,1-2H3,(H,15,16,17). The second kappa shape index (κ2) is 5.31. The number of aromatic amines is 1. The maximum absolute atomic E-state index is 12.1. The fraction of sp³-hybridized carbons (Fsp3) is 0.600. The lowest BCUT2D eigenvalue weighted by atomic mass is 10.3. The van der Waals surface area contributed by atoms with E-state index < -0.39 is 18.2 Å². The van der Waals surface area contributed by atoms with E-state index in [-0.39, 0.29) is 18.4 Å². The van der Waals surface area contributed by atoms with Gasteiger partial charge in [-0.1, -0.05) is 13.8 Å². The van der Waals surface area contributed by atoms with Crippen LogP contribution in [0.25, 0.3) is 0 Å². The Morgan fingerprint density at radius 1 is 1.47 bits per heavy atom. The molecule has 0 aliphatic rings. The summed E-state index contributed by atoms with van der Waals surface area (Å²) in [5.41, 5.74) is -0.262. The second-order valence-electron chi connectivity index (χ2n) is 4.01. The molecule has 0 saturated carbocycles. The highest BCUT2D eigenvalue weighted by molar-refractivity contribution is 5.03. The molecule has 1 aromatic heterocycles. The van der Waals surface area contributed by atoms with Gasteiger partial charge in [0.05, 0.1) is 5.69 Å². The average molecular weight is 249 g/mol. The second-order valence-corrected chi connectivity index (χ2v) is 4.01. The number of hydrogen-bond acceptors (Lipinski definition) is 3. The van der Waals surface area contributed by atoms with E-state index in [1.54, 1.807) is 0 Å². The molecule has 0 aliphatic carbocycles. The van der Waals surface area contributed by atoms with Gasteiger partial charge in [-0.15, -0.1) is 0 Å². The van der Waals surface area contributed by atoms with Gasteiger partial charge in [0.1, 0.15) is 12.2 Å². The number of nitrogens with zero attached hydrogens (tertiary/aromatic N) is 1. The van der Waals surface area contributed by atoms with Crippen molar-refractivity contribution >= 4 is 0 Å². The van der Waals surface area contributed by atoms with Crippen LogP contribution in [0.15, 0.2) is 10.9 Å². The number of H-pyrrole nitrogens is 1. The molecule has 0 spiro atoms. The van der Waals surface area contributed by atoms with Crippen molar-refractivity contribution in [2.75, 3.05) is 0 Å². The summed E-state index contributed by atoms with van der Waals surface area (Å²) in [7, 11) is 0. The summed E-state index contributed by atoms with van der Waals surface area (Å²) >= 11 is 0. The Morgan fingerprint density at radius 3 is 2.65 bits per heavy atom. The molecule has 0 saturated heterocycles. The number of hydrogen-bond donors (Lipinski definition) is 2. The summed E-state index contributed by atoms with van der Waals surface area (Å²) in [4.78, 5) is 17.0. The van der Waals surface area contributed by atoms with Gasteiger partial charge in [0, 0.05) is 18.7 Å². The molecule has 0 unspecified atom stereocenters. The molecular formula is C10H14F3N3O. The van der Waals surface area contributed by atoms with Crippen molar-refractivity contribution in [2.24, 2.45) is 0 Å². The zero-order valence-electron chi connectivity index (χ0n) is 9.56. The van der Waals surface area contributed by atoms with E-state index in [2.05, 4.69) is 15.3 Å². The van der Waals surface area contributed by atoms with Crippen LogP contribution >= 0.6 is 0 Å². The molecule has 0 bridgehead atoms. The molecule has 0 amide bonds. The van der Waals surface area contributed by atoms with E-state index in [1.165, 1.54) is 6.07 Å². The Kier molecular flexibility index (Phi) is 4.28. The smallest absolute Gasteiger partial charge is 0.310 e. The van der Waals surface area contributed by atoms with Gasteiger partial charge >= 0.3 is 6.18 Å². The van der Waals surface area contributed by atoms with Crippen LogP contribution in [0.5, 0.6) is 0 Å². The van der Waals surface area contributed by atoms with Crippen LogP contribution in [0.1, 0.15) is 25.4 Å². The van der Waals surface area contributed by atoms with Gasteiger partial charge in [-0.05, 0) is 0 Å². The summed E-state index contributed by atoms with van der Waals surface area (Å²) in [5, 5.41) is 2.98. The summed E-state index contributed by atoms with van der Waals surface area (Å²) < 4.78 is 36.4. The largest absolute Gasteiger partial charge is 0.396 e. The zero-order chi connectivity index (χ0) is 13.1. The molecule has 0 atom stereocenters. The van der Waals surface area contributed by atoms with Crippen molar-refractivity contribution in [3.05, 3.63) is 27.9 Å². The Bertz CT molecular complexity index is 426. The third kappa shape index (κ3) is 5.48. The molecule has 17 heavy (non-hydrogen) atoms. The molecule has 7 heteroatoms. The molecule has 96 valence electrons. The van der Waals surface area contributed by atoms with Gasteiger partial charge in [-0.25, -0.2) is 4.98 Å². The van der Waals surface area contributed by atoms with E-state index in [4.69, 9.17) is 0 Å². The van der Waals surface area contributed by atoms with Gasteiger partial charge < -0.3 is 10.3 Å². The molecule has 0 aromatic carbocycles. The molecule has 0 fully saturated rings. The lowest BCUT2D eigenvalue weighted by Crippen LogP contribution is -2.25. The maximum Gasteiger partial charge on any atom is 0.396 e. The monoisotopic (exact) mass is 249 g/mol. The van der Waals surface area contributed by atoms with Crippen molar-refractivity contribution in [1.29, 1.82) is 0 Å². The van der Waals surface area contributed by atoms with E-state index in [0.717, 1.165) is 0 Å². The first kappa shape index (κ1) is 13.7. The van der Waals surface area contributed by atoms with E-state index in [9.17, 15) is 18.0 Å². The van der Waals surface area contributed by atoms with Crippen LogP contribution in [0.4, 0.5) is 13.2 Å². The summed E-state index contributed by atoms with van der Waals surface area (Å²) in [5.74, 6) is -0.356. The van der Waals surface area contributed by atoms with E-state index in [0.29, 0.717) is 5.69 Å². The summed E-state index contributed by atoms with van der Waals surface area (Å²) in [6, 6.07) is 1.36. The van der Waals surface area contributed by atoms with Crippen molar-refractivity contribution in [3.8, 4) is 0 Å². The van der Waals surface area contributed by atoms with Gasteiger partial charge in [-0.2, -0.15) is 13.2 Å². The fourth-order valence-electron chi connectivity index (χ4n) is 1.24. The number of halogens is 3. The number of aromatic nitrogens is 2. The van der Waals surface area contributed by atoms with Crippen LogP contribution in [-0.2, 0) is 13.0 Å². The van der Waals surface area contributed by atoms with Gasteiger partial charge in [-0.3, -0.25) is 4.79 Å². The highest BCUT2D eigenvalue weighted by Crippen LogP contribution is 2.18. The first-order valence-electron chi connectivity index (χ1n) is 5.15. The highest BCUT2D eigenvalue weighted by atomic mass is 19.4. The topological polar surface area (TPSA) is 57.8 Å². The molecule has 1 rings (SSSR count). The van der Waals surface area contributed by atoms with Gasteiger partial charge in [0.15, 0.2) is 0 Å². The minimum atomic E-state index is -4.37. The lowest BCUT2D eigenvalue weighted by molar-refractivity contribution is -0.128. The number of nitrogens with one attached hydrogen (secondary N) is 2. The Balaban J connectivity index is 2.83. The number of alkyl halides is 3. The minimum absolute atomic E-state index is 0.169. The first-order chi connectivity index (χ1) is 7.76. The van der Waals surface area contributed by atoms with Crippen molar-refractivity contribution in [2.45, 2.75) is 39.0 Å². The predicted molar refractivity (Wildman–Crippen MR) is 56.6 cm³/mol. The van der Waals surface area contributed by atoms with E-state index >= 15 is 0 Å². The van der Waals surface area contributed by atoms with Crippen molar-refractivity contribution in [3.63, 3.8) is 0 Å². The van der Waals surface area contributed by atoms with Gasteiger partial charge in [0.25, 0.3) is 5.56 Å². The Hall–Kier alpha value is -1.37. The molecule has 2 N–H and O–H groups in total. The van der Waals surface area contributed by atoms with Crippen LogP contribution < -0.4 is 10.9 Å². The molecule has 0 radical (unpaired) electrons. The highest BCUT2D eigenvalue weighted by Gasteiger charge is 2.29. The third-order valence-corrected chi connectivity index (χ3v) is 1.90. The SMILES string of the molecule is CC(C)NCc1cc(=O)[nH]c(CC(F)(F)F)n1. The lowest BCUT2D eigenvalue weighted by Gasteiger charge is -2.09. The first-order valence-corrected chi connectivity index (χ1v) is 5.15. The Morgan fingerprint density at radius 2 is 2.12 bits per heavy atom. The summed E-state index contributed by atoms with van der Waals surface area (Å²) in [6.07, 6.45) is -5.60. The van der Waals surface area contributed by atoms with E-state index in [1.807, 2.05) is 13.8 Å². The fourth-order valence-corrected chi connectivity index (χ4v) is 1.24. The van der Waals surface area contributed by atoms with Crippen LogP contribution in [0.2, 0.25) is 0 Å². The van der Waals surface area contributed by atoms with Crippen LogP contribution in [0, 0.1) is 0 Å². The number of rotatable bonds is 4. The Labute approximate surface area is 96.3 Å². The molecule has 1 aromatic rings. The third-order valence-electron chi connectivity index (χ3n) is 1.90. The zero-order valence-corrected chi connectivity index (χ0v) is 9.56. The van der Waals surface area contributed by atoms with Crippen molar-refractivity contribution in [1.82, 2.24) is 15.3 Å². The van der Waals surface area contributed by atoms with Gasteiger partial charge in [0.2, 0.25) is 0 Å². The quantitative estimate of drug-likeness (QED) is 0.847. The van der Waals surface area contributed by atoms with Crippen molar-refractivity contribution < 1.29 is 13.2 Å². The molecular weight excluding hydrogens is 235 g/mol. The minimum Gasteiger partial charge on any atom is -0.310 e. The summed E-state index contributed by atoms with van der Waals surface area (Å²) in [6.45, 7) is 4.06. The average Bonchev–Trinajstić information content (AvgIpc) is 2.10. The predicted octanol–water partition coefficient (Wildman–Crippen LogP) is 1.37. The normalized spacial score (nSPS) is 12.1. The molecule has 0 aliphatic heterocycles. The van der Waals surface area contributed by atoms with Crippen LogP contribution in [0.3, 0.4) is 0 Å². The molecule has 4 nitrogen and oxygen atoms in total.